The Morgan fingerprint density at radius 1 is 1.28 bits per heavy atom. The molecule has 0 amide bonds. The Kier molecular flexibility index (Phi) is 4.04. The maximum atomic E-state index is 5.91. The van der Waals surface area contributed by atoms with Crippen LogP contribution in [0.1, 0.15) is 19.9 Å². The first kappa shape index (κ1) is 13.1. The van der Waals surface area contributed by atoms with E-state index in [2.05, 4.69) is 23.4 Å². The molecule has 0 aliphatic carbocycles. The summed E-state index contributed by atoms with van der Waals surface area (Å²) in [4.78, 5) is 4.25. The standard InChI is InChI=1S/C14H18ClN3/c1-10(2)13(7-16)18-9-17-8-14(18)11-3-5-12(15)6-4-11/h3-6,8-10,13H,7,16H2,1-2H3. The molecule has 1 aromatic heterocycles. The fourth-order valence-corrected chi connectivity index (χ4v) is 2.25. The van der Waals surface area contributed by atoms with Gasteiger partial charge in [-0.1, -0.05) is 37.6 Å². The molecule has 0 saturated heterocycles. The van der Waals surface area contributed by atoms with Gasteiger partial charge < -0.3 is 10.3 Å². The first-order chi connectivity index (χ1) is 8.63. The molecule has 0 saturated carbocycles. The van der Waals surface area contributed by atoms with Crippen LogP contribution in [0.5, 0.6) is 0 Å². The van der Waals surface area contributed by atoms with Gasteiger partial charge in [-0.25, -0.2) is 4.98 Å². The molecule has 0 spiro atoms. The van der Waals surface area contributed by atoms with Crippen molar-refractivity contribution < 1.29 is 0 Å². The van der Waals surface area contributed by atoms with Crippen molar-refractivity contribution in [2.45, 2.75) is 19.9 Å². The van der Waals surface area contributed by atoms with E-state index in [4.69, 9.17) is 17.3 Å². The Bertz CT molecular complexity index is 502. The van der Waals surface area contributed by atoms with E-state index < -0.39 is 0 Å². The summed E-state index contributed by atoms with van der Waals surface area (Å²) in [6.45, 7) is 4.95. The normalized spacial score (nSPS) is 12.9. The van der Waals surface area contributed by atoms with Crippen LogP contribution in [0.4, 0.5) is 0 Å². The maximum Gasteiger partial charge on any atom is 0.0954 e. The molecule has 1 heterocycles. The number of rotatable bonds is 4. The number of imidazole rings is 1. The van der Waals surface area contributed by atoms with E-state index in [0.717, 1.165) is 16.3 Å². The zero-order chi connectivity index (χ0) is 13.1. The predicted octanol–water partition coefficient (Wildman–Crippen LogP) is 3.36. The van der Waals surface area contributed by atoms with E-state index in [1.807, 2.05) is 36.8 Å². The maximum absolute atomic E-state index is 5.91. The van der Waals surface area contributed by atoms with Crippen LogP contribution >= 0.6 is 11.6 Å². The van der Waals surface area contributed by atoms with E-state index in [1.54, 1.807) is 0 Å². The summed E-state index contributed by atoms with van der Waals surface area (Å²) < 4.78 is 2.15. The van der Waals surface area contributed by atoms with Crippen molar-refractivity contribution in [3.8, 4) is 11.3 Å². The molecule has 2 rings (SSSR count). The van der Waals surface area contributed by atoms with Crippen molar-refractivity contribution in [3.63, 3.8) is 0 Å². The van der Waals surface area contributed by atoms with Crippen LogP contribution in [0.25, 0.3) is 11.3 Å². The highest BCUT2D eigenvalue weighted by Gasteiger charge is 2.17. The van der Waals surface area contributed by atoms with Crippen LogP contribution in [-0.2, 0) is 0 Å². The van der Waals surface area contributed by atoms with Gasteiger partial charge in [-0.3, -0.25) is 0 Å². The van der Waals surface area contributed by atoms with Crippen molar-refractivity contribution in [1.82, 2.24) is 9.55 Å². The quantitative estimate of drug-likeness (QED) is 0.919. The largest absolute Gasteiger partial charge is 0.328 e. The first-order valence-corrected chi connectivity index (χ1v) is 6.49. The van der Waals surface area contributed by atoms with Gasteiger partial charge in [0.25, 0.3) is 0 Å². The summed E-state index contributed by atoms with van der Waals surface area (Å²) in [5, 5.41) is 0.740. The molecule has 0 bridgehead atoms. The number of aromatic nitrogens is 2. The van der Waals surface area contributed by atoms with Gasteiger partial charge in [0.05, 0.1) is 18.2 Å². The van der Waals surface area contributed by atoms with E-state index in [0.29, 0.717) is 12.5 Å². The van der Waals surface area contributed by atoms with Crippen LogP contribution in [0.15, 0.2) is 36.8 Å². The van der Waals surface area contributed by atoms with Crippen LogP contribution < -0.4 is 5.73 Å². The third-order valence-corrected chi connectivity index (χ3v) is 3.43. The second kappa shape index (κ2) is 5.55. The molecule has 0 aliphatic heterocycles. The molecule has 18 heavy (non-hydrogen) atoms. The van der Waals surface area contributed by atoms with E-state index >= 15 is 0 Å². The van der Waals surface area contributed by atoms with Gasteiger partial charge in [-0.2, -0.15) is 0 Å². The minimum absolute atomic E-state index is 0.262. The molecule has 3 nitrogen and oxygen atoms in total. The molecule has 96 valence electrons. The van der Waals surface area contributed by atoms with Gasteiger partial charge in [0.15, 0.2) is 0 Å². The number of nitrogens with two attached hydrogens (primary N) is 1. The Morgan fingerprint density at radius 3 is 2.50 bits per heavy atom. The lowest BCUT2D eigenvalue weighted by molar-refractivity contribution is 0.387. The van der Waals surface area contributed by atoms with Gasteiger partial charge in [-0.15, -0.1) is 0 Å². The fourth-order valence-electron chi connectivity index (χ4n) is 2.12. The molecule has 0 aliphatic rings. The molecule has 2 aromatic rings. The fraction of sp³-hybridized carbons (Fsp3) is 0.357. The zero-order valence-corrected chi connectivity index (χ0v) is 11.4. The first-order valence-electron chi connectivity index (χ1n) is 6.11. The summed E-state index contributed by atoms with van der Waals surface area (Å²) >= 11 is 5.91. The van der Waals surface area contributed by atoms with Crippen LogP contribution in [-0.4, -0.2) is 16.1 Å². The molecule has 2 N–H and O–H groups in total. The molecule has 1 unspecified atom stereocenters. The highest BCUT2D eigenvalue weighted by atomic mass is 35.5. The van der Waals surface area contributed by atoms with E-state index in [9.17, 15) is 0 Å². The van der Waals surface area contributed by atoms with Gasteiger partial charge in [-0.05, 0) is 23.6 Å². The smallest absolute Gasteiger partial charge is 0.0954 e. The van der Waals surface area contributed by atoms with Crippen molar-refractivity contribution in [1.29, 1.82) is 0 Å². The van der Waals surface area contributed by atoms with Crippen molar-refractivity contribution in [2.24, 2.45) is 11.7 Å². The predicted molar refractivity (Wildman–Crippen MR) is 75.6 cm³/mol. The van der Waals surface area contributed by atoms with Gasteiger partial charge in [0.2, 0.25) is 0 Å². The monoisotopic (exact) mass is 263 g/mol. The highest BCUT2D eigenvalue weighted by Crippen LogP contribution is 2.26. The Hall–Kier alpha value is -1.32. The molecule has 0 radical (unpaired) electrons. The van der Waals surface area contributed by atoms with Crippen molar-refractivity contribution >= 4 is 11.6 Å². The Labute approximate surface area is 113 Å². The van der Waals surface area contributed by atoms with E-state index in [1.165, 1.54) is 0 Å². The second-order valence-electron chi connectivity index (χ2n) is 4.74. The highest BCUT2D eigenvalue weighted by molar-refractivity contribution is 6.30. The number of nitrogens with zero attached hydrogens (tertiary/aromatic N) is 2. The SMILES string of the molecule is CC(C)C(CN)n1cncc1-c1ccc(Cl)cc1. The third-order valence-electron chi connectivity index (χ3n) is 3.17. The van der Waals surface area contributed by atoms with E-state index in [-0.39, 0.29) is 6.04 Å². The molecule has 1 atom stereocenters. The lowest BCUT2D eigenvalue weighted by atomic mass is 10.0. The molecular weight excluding hydrogens is 246 g/mol. The third kappa shape index (κ3) is 2.57. The van der Waals surface area contributed by atoms with Crippen molar-refractivity contribution in [3.05, 3.63) is 41.8 Å². The van der Waals surface area contributed by atoms with Crippen LogP contribution in [0.2, 0.25) is 5.02 Å². The van der Waals surface area contributed by atoms with Crippen molar-refractivity contribution in [2.75, 3.05) is 6.54 Å². The number of benzene rings is 1. The molecular formula is C14H18ClN3. The molecule has 1 aromatic carbocycles. The summed E-state index contributed by atoms with van der Waals surface area (Å²) in [6.07, 6.45) is 3.72. The van der Waals surface area contributed by atoms with Crippen LogP contribution in [0, 0.1) is 5.92 Å². The Balaban J connectivity index is 2.41. The topological polar surface area (TPSA) is 43.8 Å². The number of halogens is 1. The molecule has 4 heteroatoms. The number of hydrogen-bond acceptors (Lipinski definition) is 2. The summed E-state index contributed by atoms with van der Waals surface area (Å²) in [6, 6.07) is 8.05. The number of hydrogen-bond donors (Lipinski definition) is 1. The average Bonchev–Trinajstić information content (AvgIpc) is 2.79. The summed E-state index contributed by atoms with van der Waals surface area (Å²) in [7, 11) is 0. The van der Waals surface area contributed by atoms with Gasteiger partial charge in [0, 0.05) is 17.6 Å². The van der Waals surface area contributed by atoms with Gasteiger partial charge >= 0.3 is 0 Å². The van der Waals surface area contributed by atoms with Crippen LogP contribution in [0.3, 0.4) is 0 Å². The minimum Gasteiger partial charge on any atom is -0.328 e. The summed E-state index contributed by atoms with van der Waals surface area (Å²) in [5.74, 6) is 0.468. The lowest BCUT2D eigenvalue weighted by Gasteiger charge is -2.23. The summed E-state index contributed by atoms with van der Waals surface area (Å²) in [5.41, 5.74) is 8.05. The average molecular weight is 264 g/mol. The minimum atomic E-state index is 0.262. The molecule has 0 fully saturated rings. The zero-order valence-electron chi connectivity index (χ0n) is 10.7. The Morgan fingerprint density at radius 2 is 1.94 bits per heavy atom. The second-order valence-corrected chi connectivity index (χ2v) is 5.18. The lowest BCUT2D eigenvalue weighted by Crippen LogP contribution is -2.24. The van der Waals surface area contributed by atoms with Gasteiger partial charge in [0.1, 0.15) is 0 Å².